The number of hydrogen-bond acceptors (Lipinski definition) is 4. The van der Waals surface area contributed by atoms with E-state index in [1.54, 1.807) is 25.1 Å². The maximum Gasteiger partial charge on any atom is 0.308 e. The van der Waals surface area contributed by atoms with E-state index in [1.807, 2.05) is 36.4 Å². The Kier molecular flexibility index (Phi) is 5.98. The third-order valence-corrected chi connectivity index (χ3v) is 3.16. The molecule has 0 bridgehead atoms. The number of aliphatic hydroxyl groups excluding tert-OH is 1. The molecular weight excluding hydrogens is 280 g/mol. The maximum absolute atomic E-state index is 11.4. The van der Waals surface area contributed by atoms with Gasteiger partial charge >= 0.3 is 5.97 Å². The van der Waals surface area contributed by atoms with Crippen LogP contribution in [-0.4, -0.2) is 17.7 Å². The average molecular weight is 300 g/mol. The van der Waals surface area contributed by atoms with E-state index >= 15 is 0 Å². The highest BCUT2D eigenvalue weighted by Crippen LogP contribution is 2.22. The molecular formula is C18H20O4. The smallest absolute Gasteiger partial charge is 0.308 e. The molecule has 116 valence electrons. The van der Waals surface area contributed by atoms with Crippen LogP contribution in [0.4, 0.5) is 0 Å². The van der Waals surface area contributed by atoms with Crippen molar-refractivity contribution < 1.29 is 19.4 Å². The molecule has 0 amide bonds. The molecule has 0 aliphatic heterocycles. The van der Waals surface area contributed by atoms with Crippen LogP contribution >= 0.6 is 0 Å². The van der Waals surface area contributed by atoms with Crippen LogP contribution in [0, 0.1) is 0 Å². The second-order valence-corrected chi connectivity index (χ2v) is 4.87. The van der Waals surface area contributed by atoms with Crippen molar-refractivity contribution in [3.63, 3.8) is 0 Å². The molecule has 1 atom stereocenters. The van der Waals surface area contributed by atoms with Crippen molar-refractivity contribution in [3.05, 3.63) is 65.7 Å². The molecule has 0 aromatic heterocycles. The van der Waals surface area contributed by atoms with Gasteiger partial charge in [0.05, 0.1) is 19.1 Å². The topological polar surface area (TPSA) is 55.8 Å². The van der Waals surface area contributed by atoms with Gasteiger partial charge in [-0.1, -0.05) is 42.5 Å². The Hall–Kier alpha value is -2.33. The molecule has 0 radical (unpaired) electrons. The van der Waals surface area contributed by atoms with E-state index in [1.165, 1.54) is 0 Å². The van der Waals surface area contributed by atoms with Crippen LogP contribution in [0.3, 0.4) is 0 Å². The number of carbonyl (C=O) groups excluding carboxylic acids is 1. The summed E-state index contributed by atoms with van der Waals surface area (Å²) in [5.74, 6) is 0.245. The van der Waals surface area contributed by atoms with Crippen LogP contribution in [0.2, 0.25) is 0 Å². The molecule has 0 saturated heterocycles. The predicted molar refractivity (Wildman–Crippen MR) is 83.4 cm³/mol. The summed E-state index contributed by atoms with van der Waals surface area (Å²) in [6.07, 6.45) is -0.949. The number of ether oxygens (including phenoxy) is 2. The van der Waals surface area contributed by atoms with Gasteiger partial charge in [-0.3, -0.25) is 4.79 Å². The third-order valence-electron chi connectivity index (χ3n) is 3.16. The average Bonchev–Trinajstić information content (AvgIpc) is 2.54. The van der Waals surface area contributed by atoms with Crippen LogP contribution in [0.25, 0.3) is 0 Å². The fraction of sp³-hybridized carbons (Fsp3) is 0.278. The first kappa shape index (κ1) is 16.0. The fourth-order valence-electron chi connectivity index (χ4n) is 2.05. The summed E-state index contributed by atoms with van der Waals surface area (Å²) in [7, 11) is 0. The van der Waals surface area contributed by atoms with Gasteiger partial charge in [0, 0.05) is 0 Å². The minimum atomic E-state index is -0.890. The largest absolute Gasteiger partial charge is 0.489 e. The lowest BCUT2D eigenvalue weighted by molar-refractivity contribution is -0.145. The summed E-state index contributed by atoms with van der Waals surface area (Å²) in [5.41, 5.74) is 1.71. The number of carbonyl (C=O) groups is 1. The van der Waals surface area contributed by atoms with Gasteiger partial charge in [-0.15, -0.1) is 0 Å². The first-order valence-electron chi connectivity index (χ1n) is 7.29. The number of hydrogen-bond donors (Lipinski definition) is 1. The fourth-order valence-corrected chi connectivity index (χ4v) is 2.05. The first-order valence-corrected chi connectivity index (χ1v) is 7.29. The van der Waals surface area contributed by atoms with Gasteiger partial charge in [-0.25, -0.2) is 0 Å². The molecule has 2 rings (SSSR count). The molecule has 0 spiro atoms. The minimum absolute atomic E-state index is 0.0595. The van der Waals surface area contributed by atoms with E-state index in [2.05, 4.69) is 0 Å². The molecule has 4 heteroatoms. The monoisotopic (exact) mass is 300 g/mol. The van der Waals surface area contributed by atoms with Gasteiger partial charge in [0.1, 0.15) is 12.4 Å². The second kappa shape index (κ2) is 8.20. The molecule has 2 aromatic carbocycles. The minimum Gasteiger partial charge on any atom is -0.489 e. The van der Waals surface area contributed by atoms with E-state index in [0.717, 1.165) is 5.56 Å². The number of esters is 1. The Morgan fingerprint density at radius 3 is 2.64 bits per heavy atom. The van der Waals surface area contributed by atoms with E-state index in [4.69, 9.17) is 9.47 Å². The van der Waals surface area contributed by atoms with Crippen LogP contribution in [0.1, 0.15) is 30.6 Å². The summed E-state index contributed by atoms with van der Waals surface area (Å²) >= 11 is 0. The number of benzene rings is 2. The van der Waals surface area contributed by atoms with Gasteiger partial charge in [0.2, 0.25) is 0 Å². The lowest BCUT2D eigenvalue weighted by Crippen LogP contribution is -2.10. The highest BCUT2D eigenvalue weighted by molar-refractivity contribution is 5.70. The predicted octanol–water partition coefficient (Wildman–Crippen LogP) is 3.25. The Balaban J connectivity index is 1.95. The lowest BCUT2D eigenvalue weighted by Gasteiger charge is -2.12. The zero-order valence-electron chi connectivity index (χ0n) is 12.6. The first-order chi connectivity index (χ1) is 10.7. The zero-order chi connectivity index (χ0) is 15.8. The highest BCUT2D eigenvalue weighted by atomic mass is 16.5. The normalized spacial score (nSPS) is 11.7. The van der Waals surface area contributed by atoms with Crippen molar-refractivity contribution >= 4 is 5.97 Å². The lowest BCUT2D eigenvalue weighted by atomic mass is 10.1. The molecule has 4 nitrogen and oxygen atoms in total. The quantitative estimate of drug-likeness (QED) is 0.797. The molecule has 1 N–H and O–H groups in total. The van der Waals surface area contributed by atoms with Gasteiger partial charge in [-0.05, 0) is 30.2 Å². The number of rotatable bonds is 7. The van der Waals surface area contributed by atoms with E-state index < -0.39 is 12.1 Å². The Morgan fingerprint density at radius 2 is 1.91 bits per heavy atom. The van der Waals surface area contributed by atoms with Crippen molar-refractivity contribution in [2.24, 2.45) is 0 Å². The third kappa shape index (κ3) is 4.90. The molecule has 0 aliphatic carbocycles. The molecule has 1 unspecified atom stereocenters. The van der Waals surface area contributed by atoms with Crippen LogP contribution in [0.5, 0.6) is 5.75 Å². The number of aliphatic hydroxyl groups is 1. The van der Waals surface area contributed by atoms with E-state index in [0.29, 0.717) is 24.5 Å². The summed E-state index contributed by atoms with van der Waals surface area (Å²) in [6, 6.07) is 17.0. The van der Waals surface area contributed by atoms with Gasteiger partial charge in [-0.2, -0.15) is 0 Å². The molecule has 0 fully saturated rings. The van der Waals surface area contributed by atoms with Crippen molar-refractivity contribution in [2.75, 3.05) is 6.61 Å². The summed E-state index contributed by atoms with van der Waals surface area (Å²) in [4.78, 5) is 11.4. The summed E-state index contributed by atoms with van der Waals surface area (Å²) in [5, 5.41) is 10.1. The maximum atomic E-state index is 11.4. The summed E-state index contributed by atoms with van der Waals surface area (Å²) in [6.45, 7) is 2.51. The van der Waals surface area contributed by atoms with Crippen molar-refractivity contribution in [3.8, 4) is 5.75 Å². The second-order valence-electron chi connectivity index (χ2n) is 4.87. The van der Waals surface area contributed by atoms with Gasteiger partial charge in [0.15, 0.2) is 0 Å². The SMILES string of the molecule is CCOC(=O)CC(O)c1cccc(OCc2ccccc2)c1. The van der Waals surface area contributed by atoms with E-state index in [-0.39, 0.29) is 6.42 Å². The van der Waals surface area contributed by atoms with E-state index in [9.17, 15) is 9.90 Å². The molecule has 0 aliphatic rings. The molecule has 2 aromatic rings. The van der Waals surface area contributed by atoms with Gasteiger partial charge in [0.25, 0.3) is 0 Å². The Morgan fingerprint density at radius 1 is 1.14 bits per heavy atom. The highest BCUT2D eigenvalue weighted by Gasteiger charge is 2.14. The summed E-state index contributed by atoms with van der Waals surface area (Å²) < 4.78 is 10.5. The Labute approximate surface area is 130 Å². The Bertz CT molecular complexity index is 595. The standard InChI is InChI=1S/C18H20O4/c1-2-21-18(20)12-17(19)15-9-6-10-16(11-15)22-13-14-7-4-3-5-8-14/h3-11,17,19H,2,12-13H2,1H3. The van der Waals surface area contributed by atoms with Crippen molar-refractivity contribution in [2.45, 2.75) is 26.1 Å². The van der Waals surface area contributed by atoms with Crippen LogP contribution in [0.15, 0.2) is 54.6 Å². The van der Waals surface area contributed by atoms with Crippen LogP contribution < -0.4 is 4.74 Å². The van der Waals surface area contributed by atoms with Crippen LogP contribution in [-0.2, 0) is 16.1 Å². The van der Waals surface area contributed by atoms with Gasteiger partial charge < -0.3 is 14.6 Å². The molecule has 22 heavy (non-hydrogen) atoms. The molecule has 0 saturated carbocycles. The molecule has 0 heterocycles. The van der Waals surface area contributed by atoms with Crippen molar-refractivity contribution in [1.29, 1.82) is 0 Å². The zero-order valence-corrected chi connectivity index (χ0v) is 12.6. The van der Waals surface area contributed by atoms with Crippen molar-refractivity contribution in [1.82, 2.24) is 0 Å².